The molecule has 6 rings (SSSR count). The van der Waals surface area contributed by atoms with Gasteiger partial charge in [0, 0.05) is 42.9 Å². The maximum atomic E-state index is 12.9. The number of hydrogen-bond donors (Lipinski definition) is 0. The summed E-state index contributed by atoms with van der Waals surface area (Å²) >= 11 is 1.35. The molecule has 2 fully saturated rings. The largest absolute Gasteiger partial charge is 0.355 e. The molecule has 1 spiro atoms. The van der Waals surface area contributed by atoms with Crippen LogP contribution >= 0.6 is 11.3 Å². The number of halogens is 2. The SMILES string of the molecule is FC(F)Cc1cc2c(N3CCC4(CCN(Cc5ccc(-n6cncn6)cc5)C4)C3)ncnc2s1. The van der Waals surface area contributed by atoms with Gasteiger partial charge in [0.1, 0.15) is 29.6 Å². The van der Waals surface area contributed by atoms with Crippen molar-refractivity contribution in [2.45, 2.75) is 32.2 Å². The van der Waals surface area contributed by atoms with Crippen LogP contribution < -0.4 is 4.90 Å². The normalized spacial score (nSPS) is 21.0. The van der Waals surface area contributed by atoms with E-state index in [1.807, 2.05) is 6.07 Å². The van der Waals surface area contributed by atoms with Crippen molar-refractivity contribution in [2.75, 3.05) is 31.1 Å². The van der Waals surface area contributed by atoms with Crippen LogP contribution in [-0.4, -0.2) is 62.2 Å². The molecule has 2 saturated heterocycles. The summed E-state index contributed by atoms with van der Waals surface area (Å²) in [4.78, 5) is 19.2. The van der Waals surface area contributed by atoms with E-state index >= 15 is 0 Å². The van der Waals surface area contributed by atoms with E-state index in [4.69, 9.17) is 0 Å². The molecule has 1 unspecified atom stereocenters. The van der Waals surface area contributed by atoms with Crippen LogP contribution in [0.2, 0.25) is 0 Å². The van der Waals surface area contributed by atoms with Crippen molar-refractivity contribution in [1.29, 1.82) is 0 Å². The van der Waals surface area contributed by atoms with E-state index in [0.29, 0.717) is 4.88 Å². The average Bonchev–Trinajstić information content (AvgIpc) is 3.61. The van der Waals surface area contributed by atoms with Crippen molar-refractivity contribution in [3.8, 4) is 5.69 Å². The Kier molecular flexibility index (Phi) is 5.49. The van der Waals surface area contributed by atoms with Crippen molar-refractivity contribution in [3.05, 3.63) is 59.8 Å². The zero-order chi connectivity index (χ0) is 23.1. The van der Waals surface area contributed by atoms with Crippen LogP contribution in [0.15, 0.2) is 49.3 Å². The lowest BCUT2D eigenvalue weighted by Crippen LogP contribution is -2.31. The second-order valence-corrected chi connectivity index (χ2v) is 10.5. The van der Waals surface area contributed by atoms with Gasteiger partial charge in [0.2, 0.25) is 6.43 Å². The second kappa shape index (κ2) is 8.66. The highest BCUT2D eigenvalue weighted by Crippen LogP contribution is 2.43. The monoisotopic (exact) mass is 481 g/mol. The second-order valence-electron chi connectivity index (χ2n) is 9.36. The molecule has 176 valence electrons. The molecule has 1 aromatic carbocycles. The van der Waals surface area contributed by atoms with Gasteiger partial charge >= 0.3 is 0 Å². The number of thiophene rings is 1. The summed E-state index contributed by atoms with van der Waals surface area (Å²) in [5.41, 5.74) is 2.55. The fourth-order valence-electron chi connectivity index (χ4n) is 5.36. The van der Waals surface area contributed by atoms with Gasteiger partial charge in [0.05, 0.1) is 11.1 Å². The summed E-state index contributed by atoms with van der Waals surface area (Å²) in [6.45, 7) is 4.95. The minimum Gasteiger partial charge on any atom is -0.355 e. The molecule has 3 aromatic heterocycles. The predicted octanol–water partition coefficient (Wildman–Crippen LogP) is 4.18. The maximum absolute atomic E-state index is 12.9. The van der Waals surface area contributed by atoms with E-state index in [1.165, 1.54) is 23.2 Å². The Labute approximate surface area is 200 Å². The molecule has 0 bridgehead atoms. The summed E-state index contributed by atoms with van der Waals surface area (Å²) in [6, 6.07) is 10.3. The van der Waals surface area contributed by atoms with Crippen LogP contribution in [0.25, 0.3) is 15.9 Å². The number of likely N-dealkylation sites (tertiary alicyclic amines) is 1. The van der Waals surface area contributed by atoms with Crippen molar-refractivity contribution >= 4 is 27.4 Å². The first-order valence-electron chi connectivity index (χ1n) is 11.5. The first-order valence-corrected chi connectivity index (χ1v) is 12.3. The summed E-state index contributed by atoms with van der Waals surface area (Å²) in [7, 11) is 0. The molecular formula is C24H25F2N7S. The lowest BCUT2D eigenvalue weighted by atomic mass is 9.86. The molecule has 0 aliphatic carbocycles. The number of fused-ring (bicyclic) bond motifs is 1. The Morgan fingerprint density at radius 2 is 1.88 bits per heavy atom. The highest BCUT2D eigenvalue weighted by atomic mass is 32.1. The van der Waals surface area contributed by atoms with Crippen molar-refractivity contribution in [2.24, 2.45) is 5.41 Å². The highest BCUT2D eigenvalue weighted by molar-refractivity contribution is 7.18. The molecule has 2 aliphatic heterocycles. The highest BCUT2D eigenvalue weighted by Gasteiger charge is 2.44. The Bertz CT molecular complexity index is 1270. The Morgan fingerprint density at radius 1 is 1.03 bits per heavy atom. The van der Waals surface area contributed by atoms with E-state index in [1.54, 1.807) is 17.3 Å². The van der Waals surface area contributed by atoms with Gasteiger partial charge in [-0.05, 0) is 43.1 Å². The lowest BCUT2D eigenvalue weighted by Gasteiger charge is -2.25. The molecule has 34 heavy (non-hydrogen) atoms. The van der Waals surface area contributed by atoms with Gasteiger partial charge < -0.3 is 4.90 Å². The van der Waals surface area contributed by atoms with Gasteiger partial charge in [0.15, 0.2) is 0 Å². The van der Waals surface area contributed by atoms with Gasteiger partial charge in [-0.1, -0.05) is 12.1 Å². The standard InChI is InChI=1S/C24H25F2N7S/c25-21(26)10-19-9-20-22(28-15-29-23(20)34-19)32-8-6-24(13-32)5-7-31(12-24)11-17-1-3-18(4-2-17)33-16-27-14-30-33/h1-4,9,14-16,21H,5-8,10-13H2. The molecule has 10 heteroatoms. The zero-order valence-electron chi connectivity index (χ0n) is 18.6. The summed E-state index contributed by atoms with van der Waals surface area (Å²) in [6.07, 6.45) is 4.52. The zero-order valence-corrected chi connectivity index (χ0v) is 19.5. The van der Waals surface area contributed by atoms with E-state index in [2.05, 4.69) is 54.1 Å². The minimum absolute atomic E-state index is 0.223. The van der Waals surface area contributed by atoms with Crippen LogP contribution in [0.4, 0.5) is 14.6 Å². The Hall–Kier alpha value is -2.98. The van der Waals surface area contributed by atoms with E-state index < -0.39 is 6.43 Å². The molecule has 0 saturated carbocycles. The number of rotatable bonds is 6. The Balaban J connectivity index is 1.13. The molecule has 5 heterocycles. The average molecular weight is 482 g/mol. The van der Waals surface area contributed by atoms with Crippen LogP contribution in [-0.2, 0) is 13.0 Å². The Morgan fingerprint density at radius 3 is 2.68 bits per heavy atom. The third kappa shape index (κ3) is 4.16. The van der Waals surface area contributed by atoms with Crippen LogP contribution in [0, 0.1) is 5.41 Å². The van der Waals surface area contributed by atoms with Gasteiger partial charge in [-0.15, -0.1) is 11.3 Å². The van der Waals surface area contributed by atoms with Crippen molar-refractivity contribution in [1.82, 2.24) is 29.6 Å². The topological polar surface area (TPSA) is 63.0 Å². The number of hydrogen-bond acceptors (Lipinski definition) is 7. The number of benzene rings is 1. The first kappa shape index (κ1) is 21.5. The fraction of sp³-hybridized carbons (Fsp3) is 0.417. The molecule has 4 aromatic rings. The van der Waals surface area contributed by atoms with Gasteiger partial charge in [-0.25, -0.2) is 28.4 Å². The molecule has 0 N–H and O–H groups in total. The van der Waals surface area contributed by atoms with Crippen LogP contribution in [0.3, 0.4) is 0 Å². The smallest absolute Gasteiger partial charge is 0.243 e. The molecule has 0 amide bonds. The molecule has 7 nitrogen and oxygen atoms in total. The van der Waals surface area contributed by atoms with Crippen molar-refractivity contribution in [3.63, 3.8) is 0 Å². The molecular weight excluding hydrogens is 456 g/mol. The van der Waals surface area contributed by atoms with Crippen LogP contribution in [0.5, 0.6) is 0 Å². The summed E-state index contributed by atoms with van der Waals surface area (Å²) < 4.78 is 27.5. The first-order chi connectivity index (χ1) is 16.6. The molecule has 0 radical (unpaired) electrons. The predicted molar refractivity (Wildman–Crippen MR) is 128 cm³/mol. The third-order valence-electron chi connectivity index (χ3n) is 7.00. The number of nitrogens with zero attached hydrogens (tertiary/aromatic N) is 7. The number of aromatic nitrogens is 5. The number of anilines is 1. The van der Waals surface area contributed by atoms with Crippen molar-refractivity contribution < 1.29 is 8.78 Å². The minimum atomic E-state index is -2.34. The van der Waals surface area contributed by atoms with Gasteiger partial charge in [0.25, 0.3) is 0 Å². The fourth-order valence-corrected chi connectivity index (χ4v) is 6.36. The maximum Gasteiger partial charge on any atom is 0.243 e. The van der Waals surface area contributed by atoms with Gasteiger partial charge in [-0.3, -0.25) is 4.90 Å². The van der Waals surface area contributed by atoms with Crippen LogP contribution in [0.1, 0.15) is 23.3 Å². The molecule has 1 atom stereocenters. The van der Waals surface area contributed by atoms with E-state index in [-0.39, 0.29) is 11.8 Å². The lowest BCUT2D eigenvalue weighted by molar-refractivity contribution is 0.150. The third-order valence-corrected chi connectivity index (χ3v) is 8.06. The molecule has 2 aliphatic rings. The van der Waals surface area contributed by atoms with Gasteiger partial charge in [-0.2, -0.15) is 5.10 Å². The summed E-state index contributed by atoms with van der Waals surface area (Å²) in [5, 5.41) is 5.09. The number of alkyl halides is 2. The van der Waals surface area contributed by atoms with E-state index in [9.17, 15) is 8.78 Å². The van der Waals surface area contributed by atoms with E-state index in [0.717, 1.165) is 67.3 Å². The quantitative estimate of drug-likeness (QED) is 0.412. The summed E-state index contributed by atoms with van der Waals surface area (Å²) in [5.74, 6) is 0.890.